The molecule has 0 fully saturated rings. The fourth-order valence-electron chi connectivity index (χ4n) is 1.99. The highest BCUT2D eigenvalue weighted by molar-refractivity contribution is 7.89. The molecule has 3 N–H and O–H groups in total. The van der Waals surface area contributed by atoms with E-state index < -0.39 is 10.0 Å². The van der Waals surface area contributed by atoms with Crippen LogP contribution >= 0.6 is 0 Å². The van der Waals surface area contributed by atoms with E-state index in [9.17, 15) is 8.42 Å². The molecule has 0 heterocycles. The molecule has 0 spiro atoms. The summed E-state index contributed by atoms with van der Waals surface area (Å²) in [7, 11) is -1.95. The number of para-hydroxylation sites is 1. The van der Waals surface area contributed by atoms with Crippen LogP contribution < -0.4 is 15.2 Å². The second-order valence-electron chi connectivity index (χ2n) is 4.53. The summed E-state index contributed by atoms with van der Waals surface area (Å²) in [4.78, 5) is 0.169. The average Bonchev–Trinajstić information content (AvgIpc) is 2.47. The van der Waals surface area contributed by atoms with Gasteiger partial charge in [-0.25, -0.2) is 13.1 Å². The molecule has 2 aromatic carbocycles. The van der Waals surface area contributed by atoms with Crippen molar-refractivity contribution in [3.63, 3.8) is 0 Å². The number of rotatable bonds is 6. The average molecular weight is 306 g/mol. The zero-order valence-electron chi connectivity index (χ0n) is 11.7. The molecule has 0 radical (unpaired) electrons. The van der Waals surface area contributed by atoms with E-state index in [-0.39, 0.29) is 11.4 Å². The lowest BCUT2D eigenvalue weighted by molar-refractivity contribution is 0.409. The maximum absolute atomic E-state index is 12.1. The molecule has 0 aliphatic carbocycles. The van der Waals surface area contributed by atoms with Crippen LogP contribution in [0.5, 0.6) is 5.75 Å². The minimum atomic E-state index is -3.54. The molecule has 2 rings (SSSR count). The topological polar surface area (TPSA) is 81.4 Å². The van der Waals surface area contributed by atoms with Gasteiger partial charge in [-0.1, -0.05) is 24.3 Å². The Kier molecular flexibility index (Phi) is 4.82. The Morgan fingerprint density at radius 1 is 1.14 bits per heavy atom. The summed E-state index contributed by atoms with van der Waals surface area (Å²) in [5.74, 6) is 0.751. The summed E-state index contributed by atoms with van der Waals surface area (Å²) in [6.45, 7) is 0.289. The molecule has 0 aliphatic heterocycles. The fourth-order valence-corrected chi connectivity index (χ4v) is 3.08. The molecular weight excluding hydrogens is 288 g/mol. The van der Waals surface area contributed by atoms with Gasteiger partial charge in [-0.2, -0.15) is 0 Å². The molecule has 21 heavy (non-hydrogen) atoms. The van der Waals surface area contributed by atoms with Gasteiger partial charge in [0.2, 0.25) is 10.0 Å². The van der Waals surface area contributed by atoms with Gasteiger partial charge in [-0.05, 0) is 36.2 Å². The quantitative estimate of drug-likeness (QED) is 0.797. The van der Waals surface area contributed by atoms with Crippen molar-refractivity contribution < 1.29 is 13.2 Å². The zero-order valence-corrected chi connectivity index (χ0v) is 12.6. The Morgan fingerprint density at radius 2 is 1.90 bits per heavy atom. The highest BCUT2D eigenvalue weighted by atomic mass is 32.2. The largest absolute Gasteiger partial charge is 0.496 e. The van der Waals surface area contributed by atoms with Crippen molar-refractivity contribution in [1.82, 2.24) is 4.72 Å². The molecule has 112 valence electrons. The van der Waals surface area contributed by atoms with E-state index in [4.69, 9.17) is 10.5 Å². The fraction of sp³-hybridized carbons (Fsp3) is 0.200. The highest BCUT2D eigenvalue weighted by Gasteiger charge is 2.13. The van der Waals surface area contributed by atoms with Crippen LogP contribution in [0, 0.1) is 0 Å². The number of benzene rings is 2. The normalized spacial score (nSPS) is 11.3. The minimum absolute atomic E-state index is 0.169. The second kappa shape index (κ2) is 6.60. The van der Waals surface area contributed by atoms with Crippen LogP contribution in [-0.4, -0.2) is 22.1 Å². The first-order valence-electron chi connectivity index (χ1n) is 6.50. The van der Waals surface area contributed by atoms with Crippen LogP contribution in [-0.2, 0) is 16.4 Å². The summed E-state index contributed by atoms with van der Waals surface area (Å²) in [6, 6.07) is 13.7. The number of nitrogens with two attached hydrogens (primary N) is 1. The first kappa shape index (κ1) is 15.3. The summed E-state index contributed by atoms with van der Waals surface area (Å²) in [5.41, 5.74) is 6.98. The summed E-state index contributed by atoms with van der Waals surface area (Å²) in [5, 5.41) is 0. The lowest BCUT2D eigenvalue weighted by atomic mass is 10.1. The number of hydrogen-bond donors (Lipinski definition) is 2. The van der Waals surface area contributed by atoms with Crippen molar-refractivity contribution in [3.05, 3.63) is 54.1 Å². The van der Waals surface area contributed by atoms with E-state index in [0.29, 0.717) is 12.1 Å². The predicted octanol–water partition coefficient (Wildman–Crippen LogP) is 1.80. The molecule has 5 nitrogen and oxygen atoms in total. The van der Waals surface area contributed by atoms with E-state index in [2.05, 4.69) is 4.72 Å². The monoisotopic (exact) mass is 306 g/mol. The Labute approximate surface area is 124 Å². The maximum atomic E-state index is 12.1. The van der Waals surface area contributed by atoms with Gasteiger partial charge in [-0.15, -0.1) is 0 Å². The van der Waals surface area contributed by atoms with Crippen LogP contribution in [0.2, 0.25) is 0 Å². The summed E-state index contributed by atoms with van der Waals surface area (Å²) >= 11 is 0. The van der Waals surface area contributed by atoms with Gasteiger partial charge < -0.3 is 10.5 Å². The van der Waals surface area contributed by atoms with E-state index >= 15 is 0 Å². The van der Waals surface area contributed by atoms with E-state index in [1.807, 2.05) is 24.3 Å². The van der Waals surface area contributed by atoms with Crippen molar-refractivity contribution in [2.75, 3.05) is 19.4 Å². The number of sulfonamides is 1. The predicted molar refractivity (Wildman–Crippen MR) is 82.7 cm³/mol. The SMILES string of the molecule is COc1ccccc1CCNS(=O)(=O)c1cccc(N)c1. The molecule has 2 aromatic rings. The Balaban J connectivity index is 2.03. The van der Waals surface area contributed by atoms with Crippen molar-refractivity contribution in [2.45, 2.75) is 11.3 Å². The van der Waals surface area contributed by atoms with Gasteiger partial charge in [0.25, 0.3) is 0 Å². The molecule has 0 saturated heterocycles. The van der Waals surface area contributed by atoms with Gasteiger partial charge in [-0.3, -0.25) is 0 Å². The van der Waals surface area contributed by atoms with E-state index in [1.165, 1.54) is 12.1 Å². The number of methoxy groups -OCH3 is 1. The van der Waals surface area contributed by atoms with Crippen molar-refractivity contribution in [2.24, 2.45) is 0 Å². The number of nitrogen functional groups attached to an aromatic ring is 1. The van der Waals surface area contributed by atoms with Crippen LogP contribution in [0.1, 0.15) is 5.56 Å². The molecule has 0 amide bonds. The maximum Gasteiger partial charge on any atom is 0.240 e. The number of anilines is 1. The first-order valence-corrected chi connectivity index (χ1v) is 7.98. The molecule has 0 aliphatic rings. The van der Waals surface area contributed by atoms with Crippen LogP contribution in [0.4, 0.5) is 5.69 Å². The molecule has 6 heteroatoms. The van der Waals surface area contributed by atoms with E-state index in [0.717, 1.165) is 11.3 Å². The first-order chi connectivity index (χ1) is 10.0. The third kappa shape index (κ3) is 3.96. The number of ether oxygens (including phenoxy) is 1. The zero-order chi connectivity index (χ0) is 15.3. The van der Waals surface area contributed by atoms with Crippen molar-refractivity contribution in [3.8, 4) is 5.75 Å². The van der Waals surface area contributed by atoms with Crippen molar-refractivity contribution in [1.29, 1.82) is 0 Å². The number of nitrogens with one attached hydrogen (secondary N) is 1. The minimum Gasteiger partial charge on any atom is -0.496 e. The molecule has 0 aromatic heterocycles. The van der Waals surface area contributed by atoms with Gasteiger partial charge >= 0.3 is 0 Å². The third-order valence-electron chi connectivity index (χ3n) is 3.05. The third-order valence-corrected chi connectivity index (χ3v) is 4.51. The van der Waals surface area contributed by atoms with Gasteiger partial charge in [0.1, 0.15) is 5.75 Å². The lowest BCUT2D eigenvalue weighted by Crippen LogP contribution is -2.26. The summed E-state index contributed by atoms with van der Waals surface area (Å²) in [6.07, 6.45) is 0.547. The smallest absolute Gasteiger partial charge is 0.240 e. The van der Waals surface area contributed by atoms with Crippen LogP contribution in [0.25, 0.3) is 0 Å². The number of hydrogen-bond acceptors (Lipinski definition) is 4. The standard InChI is InChI=1S/C15H18N2O3S/c1-20-15-8-3-2-5-12(15)9-10-17-21(18,19)14-7-4-6-13(16)11-14/h2-8,11,17H,9-10,16H2,1H3. The molecule has 0 bridgehead atoms. The van der Waals surface area contributed by atoms with Crippen molar-refractivity contribution >= 4 is 15.7 Å². The van der Waals surface area contributed by atoms with Crippen LogP contribution in [0.15, 0.2) is 53.4 Å². The van der Waals surface area contributed by atoms with Gasteiger partial charge in [0, 0.05) is 12.2 Å². The van der Waals surface area contributed by atoms with E-state index in [1.54, 1.807) is 19.2 Å². The molecule has 0 atom stereocenters. The Hall–Kier alpha value is -2.05. The highest BCUT2D eigenvalue weighted by Crippen LogP contribution is 2.18. The van der Waals surface area contributed by atoms with Gasteiger partial charge in [0.15, 0.2) is 0 Å². The summed E-state index contributed by atoms with van der Waals surface area (Å²) < 4.78 is 32.1. The second-order valence-corrected chi connectivity index (χ2v) is 6.30. The Morgan fingerprint density at radius 3 is 2.62 bits per heavy atom. The van der Waals surface area contributed by atoms with Crippen LogP contribution in [0.3, 0.4) is 0 Å². The molecule has 0 unspecified atom stereocenters. The van der Waals surface area contributed by atoms with Gasteiger partial charge in [0.05, 0.1) is 12.0 Å². The lowest BCUT2D eigenvalue weighted by Gasteiger charge is -2.10. The Bertz CT molecular complexity index is 714. The molecule has 0 saturated carbocycles. The molecular formula is C15H18N2O3S.